The van der Waals surface area contributed by atoms with Gasteiger partial charge in [-0.25, -0.2) is 8.42 Å². The third-order valence-electron chi connectivity index (χ3n) is 3.95. The van der Waals surface area contributed by atoms with E-state index in [2.05, 4.69) is 0 Å². The van der Waals surface area contributed by atoms with Crippen molar-refractivity contribution in [2.24, 2.45) is 0 Å². The lowest BCUT2D eigenvalue weighted by Gasteiger charge is -2.34. The number of alkyl halides is 1. The Kier molecular flexibility index (Phi) is 6.96. The lowest BCUT2D eigenvalue weighted by atomic mass is 10.0. The second kappa shape index (κ2) is 7.71. The molecule has 0 atom stereocenters. The van der Waals surface area contributed by atoms with E-state index >= 15 is 0 Å². The smallest absolute Gasteiger partial charge is 0.212 e. The number of nitrogens with zero attached hydrogens (tertiary/aromatic N) is 1. The normalized spacial score (nSPS) is 18.7. The molecule has 0 aromatic rings. The summed E-state index contributed by atoms with van der Waals surface area (Å²) < 4.78 is 27.1. The Hall–Kier alpha value is 0.200. The molecular formula is C13H26ClNO2S. The summed E-state index contributed by atoms with van der Waals surface area (Å²) in [7, 11) is -3.16. The molecule has 0 spiro atoms. The third kappa shape index (κ3) is 3.84. The highest BCUT2D eigenvalue weighted by Gasteiger charge is 2.35. The SMILES string of the molecule is CCC(CC)N(CCCl)S(=O)(=O)C1CCCCC1. The second-order valence-electron chi connectivity index (χ2n) is 5.07. The van der Waals surface area contributed by atoms with Gasteiger partial charge in [-0.2, -0.15) is 4.31 Å². The maximum Gasteiger partial charge on any atom is 0.217 e. The molecule has 1 saturated carbocycles. The van der Waals surface area contributed by atoms with E-state index in [0.29, 0.717) is 12.4 Å². The first-order chi connectivity index (χ1) is 8.57. The lowest BCUT2D eigenvalue weighted by Crippen LogP contribution is -2.46. The first-order valence-corrected chi connectivity index (χ1v) is 9.18. The fraction of sp³-hybridized carbons (Fsp3) is 1.00. The van der Waals surface area contributed by atoms with Gasteiger partial charge in [-0.15, -0.1) is 11.6 Å². The largest absolute Gasteiger partial charge is 0.217 e. The number of rotatable bonds is 7. The maximum atomic E-state index is 12.7. The van der Waals surface area contributed by atoms with Gasteiger partial charge < -0.3 is 0 Å². The van der Waals surface area contributed by atoms with Gasteiger partial charge in [0.2, 0.25) is 10.0 Å². The van der Waals surface area contributed by atoms with E-state index in [0.717, 1.165) is 38.5 Å². The molecule has 0 saturated heterocycles. The Bertz CT molecular complexity index is 322. The van der Waals surface area contributed by atoms with Gasteiger partial charge in [-0.05, 0) is 25.7 Å². The summed E-state index contributed by atoms with van der Waals surface area (Å²) in [6, 6.07) is 0.107. The van der Waals surface area contributed by atoms with Crippen LogP contribution in [0.25, 0.3) is 0 Å². The second-order valence-corrected chi connectivity index (χ2v) is 7.62. The molecule has 3 nitrogen and oxygen atoms in total. The first kappa shape index (κ1) is 16.3. The average molecular weight is 296 g/mol. The van der Waals surface area contributed by atoms with Crippen LogP contribution >= 0.6 is 11.6 Å². The minimum absolute atomic E-state index is 0.107. The van der Waals surface area contributed by atoms with E-state index in [1.165, 1.54) is 6.42 Å². The maximum absolute atomic E-state index is 12.7. The van der Waals surface area contributed by atoms with Gasteiger partial charge in [0.1, 0.15) is 0 Å². The molecule has 108 valence electrons. The summed E-state index contributed by atoms with van der Waals surface area (Å²) in [6.07, 6.45) is 6.62. The summed E-state index contributed by atoms with van der Waals surface area (Å²) in [5, 5.41) is -0.171. The van der Waals surface area contributed by atoms with Crippen molar-refractivity contribution in [2.45, 2.75) is 70.1 Å². The van der Waals surface area contributed by atoms with Crippen LogP contribution in [0.3, 0.4) is 0 Å². The summed E-state index contributed by atoms with van der Waals surface area (Å²) in [4.78, 5) is 0. The zero-order valence-corrected chi connectivity index (χ0v) is 13.1. The monoisotopic (exact) mass is 295 g/mol. The van der Waals surface area contributed by atoms with E-state index in [4.69, 9.17) is 11.6 Å². The molecule has 0 N–H and O–H groups in total. The van der Waals surface area contributed by atoms with Crippen LogP contribution in [0.2, 0.25) is 0 Å². The summed E-state index contributed by atoms with van der Waals surface area (Å²) >= 11 is 5.79. The molecule has 0 aromatic carbocycles. The van der Waals surface area contributed by atoms with Crippen LogP contribution in [-0.2, 0) is 10.0 Å². The van der Waals surface area contributed by atoms with Crippen LogP contribution in [0.5, 0.6) is 0 Å². The molecule has 0 radical (unpaired) electrons. The Morgan fingerprint density at radius 2 is 1.72 bits per heavy atom. The van der Waals surface area contributed by atoms with Gasteiger partial charge in [0.25, 0.3) is 0 Å². The molecule has 5 heteroatoms. The molecule has 18 heavy (non-hydrogen) atoms. The quantitative estimate of drug-likeness (QED) is 0.675. The van der Waals surface area contributed by atoms with Crippen molar-refractivity contribution >= 4 is 21.6 Å². The van der Waals surface area contributed by atoms with Gasteiger partial charge >= 0.3 is 0 Å². The highest BCUT2D eigenvalue weighted by molar-refractivity contribution is 7.89. The Morgan fingerprint density at radius 1 is 1.17 bits per heavy atom. The molecule has 0 aromatic heterocycles. The van der Waals surface area contributed by atoms with Crippen molar-refractivity contribution < 1.29 is 8.42 Å². The Labute approximate surface area is 117 Å². The van der Waals surface area contributed by atoms with Crippen molar-refractivity contribution in [3.8, 4) is 0 Å². The van der Waals surface area contributed by atoms with Gasteiger partial charge in [-0.3, -0.25) is 0 Å². The molecule has 1 fully saturated rings. The summed E-state index contributed by atoms with van der Waals surface area (Å²) in [6.45, 7) is 4.55. The molecule has 1 rings (SSSR count). The number of hydrogen-bond acceptors (Lipinski definition) is 2. The van der Waals surface area contributed by atoms with Crippen LogP contribution in [0, 0.1) is 0 Å². The summed E-state index contributed by atoms with van der Waals surface area (Å²) in [5.74, 6) is 0.377. The van der Waals surface area contributed by atoms with Crippen LogP contribution in [0.1, 0.15) is 58.8 Å². The van der Waals surface area contributed by atoms with Crippen molar-refractivity contribution in [2.75, 3.05) is 12.4 Å². The lowest BCUT2D eigenvalue weighted by molar-refractivity contribution is 0.307. The molecule has 0 aliphatic heterocycles. The van der Waals surface area contributed by atoms with Crippen molar-refractivity contribution in [1.29, 1.82) is 0 Å². The van der Waals surface area contributed by atoms with E-state index in [1.54, 1.807) is 4.31 Å². The minimum Gasteiger partial charge on any atom is -0.212 e. The molecule has 1 aliphatic carbocycles. The van der Waals surface area contributed by atoms with Crippen LogP contribution in [0.15, 0.2) is 0 Å². The molecule has 0 amide bonds. The van der Waals surface area contributed by atoms with E-state index < -0.39 is 10.0 Å². The molecule has 0 bridgehead atoms. The van der Waals surface area contributed by atoms with Crippen molar-refractivity contribution in [1.82, 2.24) is 4.31 Å². The third-order valence-corrected chi connectivity index (χ3v) is 6.57. The predicted octanol–water partition coefficient (Wildman–Crippen LogP) is 3.38. The number of halogens is 1. The summed E-state index contributed by atoms with van der Waals surface area (Å²) in [5.41, 5.74) is 0. The zero-order valence-electron chi connectivity index (χ0n) is 11.6. The highest BCUT2D eigenvalue weighted by atomic mass is 35.5. The van der Waals surface area contributed by atoms with Crippen LogP contribution < -0.4 is 0 Å². The van der Waals surface area contributed by atoms with Crippen LogP contribution in [-0.4, -0.2) is 36.4 Å². The molecule has 0 heterocycles. The molecule has 0 unspecified atom stereocenters. The van der Waals surface area contributed by atoms with Gasteiger partial charge in [0.05, 0.1) is 5.25 Å². The predicted molar refractivity (Wildman–Crippen MR) is 77.6 cm³/mol. The van der Waals surface area contributed by atoms with Crippen molar-refractivity contribution in [3.63, 3.8) is 0 Å². The van der Waals surface area contributed by atoms with Crippen LogP contribution in [0.4, 0.5) is 0 Å². The van der Waals surface area contributed by atoms with Gasteiger partial charge in [-0.1, -0.05) is 33.1 Å². The average Bonchev–Trinajstić information content (AvgIpc) is 2.40. The van der Waals surface area contributed by atoms with E-state index in [9.17, 15) is 8.42 Å². The van der Waals surface area contributed by atoms with Crippen molar-refractivity contribution in [3.05, 3.63) is 0 Å². The molecule has 1 aliphatic rings. The molecular weight excluding hydrogens is 270 g/mol. The minimum atomic E-state index is -3.16. The first-order valence-electron chi connectivity index (χ1n) is 7.14. The van der Waals surface area contributed by atoms with E-state index in [1.807, 2.05) is 13.8 Å². The standard InChI is InChI=1S/C13H26ClNO2S/c1-3-12(4-2)15(11-10-14)18(16,17)13-8-6-5-7-9-13/h12-13H,3-11H2,1-2H3. The van der Waals surface area contributed by atoms with Gasteiger partial charge in [0, 0.05) is 18.5 Å². The van der Waals surface area contributed by atoms with Gasteiger partial charge in [0.15, 0.2) is 0 Å². The zero-order chi connectivity index (χ0) is 13.6. The number of hydrogen-bond donors (Lipinski definition) is 0. The fourth-order valence-corrected chi connectivity index (χ4v) is 5.51. The highest BCUT2D eigenvalue weighted by Crippen LogP contribution is 2.28. The Balaban J connectivity index is 2.87. The topological polar surface area (TPSA) is 37.4 Å². The van der Waals surface area contributed by atoms with E-state index in [-0.39, 0.29) is 11.3 Å². The Morgan fingerprint density at radius 3 is 2.17 bits per heavy atom. The number of sulfonamides is 1. The fourth-order valence-electron chi connectivity index (χ4n) is 2.85.